The fraction of sp³-hybridized carbons (Fsp3) is 0. The minimum atomic E-state index is -4.83. The Kier molecular flexibility index (Phi) is 26.5. The maximum absolute atomic E-state index is 13.6. The number of aromatic nitrogens is 2. The molecule has 0 atom stereocenters. The molecule has 5 aromatic rings. The Bertz CT molecular complexity index is 3060. The summed E-state index contributed by atoms with van der Waals surface area (Å²) < 4.78 is 113. The quantitative estimate of drug-likeness (QED) is 0.0113. The monoisotopic (exact) mass is 1090 g/mol. The topological polar surface area (TPSA) is 335 Å². The number of nitrogens with zero attached hydrogens (tertiary/aromatic N) is 5. The number of nitrogens with one attached hydrogen (secondary N) is 1. The number of aromatic hydroxyl groups is 1. The van der Waals surface area contributed by atoms with Gasteiger partial charge in [-0.2, -0.15) is 19.1 Å². The number of ether oxygens (including phenoxy) is 1. The number of amides is 2. The molecule has 2 heterocycles. The summed E-state index contributed by atoms with van der Waals surface area (Å²) in [6, 6.07) is 18.9. The van der Waals surface area contributed by atoms with Gasteiger partial charge in [-0.1, -0.05) is 18.2 Å². The predicted octanol–water partition coefficient (Wildman–Crippen LogP) is -8.98. The van der Waals surface area contributed by atoms with E-state index in [2.05, 4.69) is 29.9 Å². The van der Waals surface area contributed by atoms with Crippen LogP contribution in [0.3, 0.4) is 0 Å². The average Bonchev–Trinajstić information content (AvgIpc) is 3.74. The van der Waals surface area contributed by atoms with Crippen molar-refractivity contribution in [3.8, 4) is 11.6 Å². The van der Waals surface area contributed by atoms with Crippen molar-refractivity contribution < 1.29 is 279 Å². The first kappa shape index (κ1) is 62.8. The number of carbonyl (C=O) groups excluding carboxylic acids is 2. The number of allylic oxidation sites excluding steroid dienone is 4. The summed E-state index contributed by atoms with van der Waals surface area (Å²) in [6.45, 7) is 0. The van der Waals surface area contributed by atoms with Crippen LogP contribution >= 0.6 is 12.0 Å². The normalized spacial score (nSPS) is 13.5. The summed E-state index contributed by atoms with van der Waals surface area (Å²) in [7, 11) is -14.4. The molecule has 0 unspecified atom stereocenters. The molecule has 2 amide bonds. The standard InChI is InChI=1S/C37H28N6O16S4.4K/c44-34(39-24-8-16-28(17-9-24)61(48,49)50)33-31(36(45)42(40-33)25-10-18-29(19-11-25)62(51,52)53)4-2-1-3-5-32-35(57-22-38-23-6-14-27(15-7-23)60-59-58-47)41-43(37(32)46)26-12-20-30(21-13-26)63(54,55)56;;;;/h1-22,45,47H,(H,39,44)(H,48,49,50)(H,51,52,53)(H,54,55,56);;;;/q;4*+1/p-4. The average molecular weight is 1090 g/mol. The van der Waals surface area contributed by atoms with Crippen molar-refractivity contribution in [3.05, 3.63) is 138 Å². The smallest absolute Gasteiger partial charge is 0.744 e. The molecule has 0 radical (unpaired) electrons. The third-order valence-corrected chi connectivity index (χ3v) is 11.3. The van der Waals surface area contributed by atoms with Crippen molar-refractivity contribution in [2.45, 2.75) is 19.6 Å². The molecular formula is C37H24K4N6O16S4. The molecule has 0 aliphatic carbocycles. The Labute approximate surface area is 556 Å². The second-order valence-corrected chi connectivity index (χ2v) is 17.2. The third kappa shape index (κ3) is 17.4. The number of rotatable bonds is 15. The summed E-state index contributed by atoms with van der Waals surface area (Å²) in [5, 5.41) is 36.3. The van der Waals surface area contributed by atoms with Crippen LogP contribution in [0.5, 0.6) is 5.88 Å². The fourth-order valence-electron chi connectivity index (χ4n) is 5.27. The van der Waals surface area contributed by atoms with Gasteiger partial charge in [0.15, 0.2) is 12.1 Å². The van der Waals surface area contributed by atoms with Crippen molar-refractivity contribution >= 4 is 89.6 Å². The van der Waals surface area contributed by atoms with Crippen LogP contribution in [0, 0.1) is 0 Å². The molecule has 326 valence electrons. The number of hydrogen-bond acceptors (Lipinski definition) is 20. The van der Waals surface area contributed by atoms with Gasteiger partial charge in [-0.05, 0) is 109 Å². The number of carbonyl (C=O) groups is 2. The van der Waals surface area contributed by atoms with E-state index in [1.807, 2.05) is 0 Å². The van der Waals surface area contributed by atoms with E-state index in [4.69, 9.17) is 4.74 Å². The molecule has 0 fully saturated rings. The summed E-state index contributed by atoms with van der Waals surface area (Å²) in [5.74, 6) is -2.60. The molecule has 2 N–H and O–H groups in total. The van der Waals surface area contributed by atoms with Crippen molar-refractivity contribution in [1.82, 2.24) is 9.78 Å². The van der Waals surface area contributed by atoms with Crippen LogP contribution in [0.15, 0.2) is 157 Å². The van der Waals surface area contributed by atoms with E-state index >= 15 is 0 Å². The number of benzene rings is 4. The first-order valence-electron chi connectivity index (χ1n) is 17.1. The largest absolute Gasteiger partial charge is 1.00 e. The zero-order valence-corrected chi connectivity index (χ0v) is 50.9. The zero-order valence-electron chi connectivity index (χ0n) is 35.1. The Morgan fingerprint density at radius 1 is 0.731 bits per heavy atom. The Hall–Kier alpha value is -0.305. The van der Waals surface area contributed by atoms with Crippen molar-refractivity contribution in [2.75, 3.05) is 10.3 Å². The third-order valence-electron chi connectivity index (χ3n) is 8.21. The zero-order chi connectivity index (χ0) is 45.5. The van der Waals surface area contributed by atoms with Gasteiger partial charge >= 0.3 is 206 Å². The summed E-state index contributed by atoms with van der Waals surface area (Å²) in [5.41, 5.74) is -0.265. The molecule has 6 rings (SSSR count). The van der Waals surface area contributed by atoms with Gasteiger partial charge in [0.05, 0.1) is 49.4 Å². The maximum Gasteiger partial charge on any atom is 1.00 e. The Morgan fingerprint density at radius 2 is 1.25 bits per heavy atom. The second-order valence-electron chi connectivity index (χ2n) is 12.2. The number of aliphatic imine (C=N–C) groups is 1. The summed E-state index contributed by atoms with van der Waals surface area (Å²) in [4.78, 5) is 30.0. The molecule has 1 aromatic heterocycles. The fourth-order valence-corrected chi connectivity index (χ4v) is 7.03. The number of hydrogen-bond donors (Lipinski definition) is 2. The van der Waals surface area contributed by atoms with Gasteiger partial charge in [0.1, 0.15) is 35.9 Å². The Morgan fingerprint density at radius 3 is 1.78 bits per heavy atom. The van der Waals surface area contributed by atoms with Crippen LogP contribution < -0.4 is 221 Å². The molecule has 0 saturated carbocycles. The molecule has 0 saturated heterocycles. The van der Waals surface area contributed by atoms with Crippen LogP contribution in [0.25, 0.3) is 11.8 Å². The molecule has 4 aromatic carbocycles. The SMILES string of the molecule is O=C(Nc1ccc(S(=O)(=O)[O-])cc1)c1nn(-c2ccc(S(=O)(=O)[O-])cc2)c(O)c1C=CC=CC=C1C(=O)N(c2ccc(S(=O)(=O)[O-])cc2)N=C1OC=Nc1ccc(SOO[O-])cc1.[K+].[K+].[K+].[K+]. The summed E-state index contributed by atoms with van der Waals surface area (Å²) >= 11 is 0.656. The number of anilines is 2. The van der Waals surface area contributed by atoms with E-state index in [-0.39, 0.29) is 240 Å². The first-order chi connectivity index (χ1) is 29.8. The van der Waals surface area contributed by atoms with E-state index in [1.54, 1.807) is 12.1 Å². The van der Waals surface area contributed by atoms with Gasteiger partial charge in [-0.15, -0.1) is 5.10 Å². The predicted molar refractivity (Wildman–Crippen MR) is 215 cm³/mol. The van der Waals surface area contributed by atoms with E-state index in [1.165, 1.54) is 54.6 Å². The Balaban J connectivity index is 0.00000385. The van der Waals surface area contributed by atoms with Crippen LogP contribution in [0.4, 0.5) is 17.1 Å². The van der Waals surface area contributed by atoms with E-state index in [9.17, 15) is 58.9 Å². The molecule has 0 bridgehead atoms. The molecule has 22 nitrogen and oxygen atoms in total. The van der Waals surface area contributed by atoms with Crippen LogP contribution in [0.2, 0.25) is 0 Å². The van der Waals surface area contributed by atoms with Gasteiger partial charge in [0.25, 0.3) is 17.7 Å². The minimum Gasteiger partial charge on any atom is -0.744 e. The van der Waals surface area contributed by atoms with Crippen LogP contribution in [-0.4, -0.2) is 77.9 Å². The first-order valence-corrected chi connectivity index (χ1v) is 22.0. The maximum atomic E-state index is 13.6. The van der Waals surface area contributed by atoms with Crippen LogP contribution in [0.1, 0.15) is 16.1 Å². The van der Waals surface area contributed by atoms with Gasteiger partial charge in [0, 0.05) is 10.6 Å². The van der Waals surface area contributed by atoms with Crippen molar-refractivity contribution in [2.24, 2.45) is 10.1 Å². The van der Waals surface area contributed by atoms with E-state index < -0.39 is 68.4 Å². The van der Waals surface area contributed by atoms with Gasteiger partial charge in [-0.3, -0.25) is 14.6 Å². The van der Waals surface area contributed by atoms with Gasteiger partial charge < -0.3 is 34.1 Å². The molecular weight excluding hydrogens is 1070 g/mol. The van der Waals surface area contributed by atoms with Crippen LogP contribution in [-0.2, 0) is 49.3 Å². The molecule has 30 heteroatoms. The molecule has 1 aliphatic heterocycles. The van der Waals surface area contributed by atoms with Crippen molar-refractivity contribution in [3.63, 3.8) is 0 Å². The van der Waals surface area contributed by atoms with Gasteiger partial charge in [-0.25, -0.2) is 30.2 Å². The van der Waals surface area contributed by atoms with E-state index in [0.29, 0.717) is 22.6 Å². The number of hydrazone groups is 1. The minimum absolute atomic E-state index is 0. The molecule has 67 heavy (non-hydrogen) atoms. The molecule has 1 aliphatic rings. The second kappa shape index (κ2) is 28.2. The van der Waals surface area contributed by atoms with Crippen molar-refractivity contribution in [1.29, 1.82) is 0 Å². The molecule has 0 spiro atoms. The van der Waals surface area contributed by atoms with E-state index in [0.717, 1.165) is 76.8 Å². The van der Waals surface area contributed by atoms with Gasteiger partial charge in [0.2, 0.25) is 5.88 Å². The summed E-state index contributed by atoms with van der Waals surface area (Å²) in [6.07, 6.45) is 7.51.